The van der Waals surface area contributed by atoms with Gasteiger partial charge in [0, 0.05) is 7.11 Å². The van der Waals surface area contributed by atoms with Crippen molar-refractivity contribution in [1.29, 1.82) is 0 Å². The molecule has 2 unspecified atom stereocenters. The summed E-state index contributed by atoms with van der Waals surface area (Å²) in [6.45, 7) is 9.70. The topological polar surface area (TPSA) is 21.3 Å². The Bertz CT molecular complexity index is 338. The van der Waals surface area contributed by atoms with Gasteiger partial charge in [0.05, 0.1) is 12.1 Å². The smallest absolute Gasteiger partial charge is 0.0763 e. The third-order valence-corrected chi connectivity index (χ3v) is 3.29. The van der Waals surface area contributed by atoms with Crippen LogP contribution in [0.1, 0.15) is 49.4 Å². The SMILES string of the molecule is CCCNC(c1cc(C)cc(C)c1)C(CC)OC. The van der Waals surface area contributed by atoms with E-state index < -0.39 is 0 Å². The molecule has 0 aromatic heterocycles. The van der Waals surface area contributed by atoms with Gasteiger partial charge in [-0.15, -0.1) is 0 Å². The minimum atomic E-state index is 0.234. The van der Waals surface area contributed by atoms with Crippen LogP contribution in [0.5, 0.6) is 0 Å². The lowest BCUT2D eigenvalue weighted by Gasteiger charge is -2.27. The predicted molar refractivity (Wildman–Crippen MR) is 78.0 cm³/mol. The summed E-state index contributed by atoms with van der Waals surface area (Å²) in [5.41, 5.74) is 3.98. The normalized spacial score (nSPS) is 14.5. The molecule has 0 aliphatic heterocycles. The second-order valence-electron chi connectivity index (χ2n) is 5.04. The molecule has 1 rings (SSSR count). The Morgan fingerprint density at radius 3 is 2.17 bits per heavy atom. The van der Waals surface area contributed by atoms with E-state index in [1.807, 2.05) is 0 Å². The fourth-order valence-electron chi connectivity index (χ4n) is 2.49. The Morgan fingerprint density at radius 1 is 1.11 bits per heavy atom. The van der Waals surface area contributed by atoms with Crippen molar-refractivity contribution in [3.8, 4) is 0 Å². The molecule has 0 saturated heterocycles. The number of aryl methyl sites for hydroxylation is 2. The van der Waals surface area contributed by atoms with Gasteiger partial charge in [0.2, 0.25) is 0 Å². The van der Waals surface area contributed by atoms with Gasteiger partial charge in [0.1, 0.15) is 0 Å². The average molecular weight is 249 g/mol. The second kappa shape index (κ2) is 7.55. The Labute approximate surface area is 112 Å². The van der Waals surface area contributed by atoms with Crippen LogP contribution in [0, 0.1) is 13.8 Å². The molecule has 0 fully saturated rings. The van der Waals surface area contributed by atoms with Crippen LogP contribution in [-0.2, 0) is 4.74 Å². The molecule has 18 heavy (non-hydrogen) atoms. The minimum absolute atomic E-state index is 0.234. The van der Waals surface area contributed by atoms with Crippen LogP contribution in [0.4, 0.5) is 0 Å². The molecule has 2 nitrogen and oxygen atoms in total. The number of ether oxygens (including phenoxy) is 1. The zero-order valence-electron chi connectivity index (χ0n) is 12.4. The maximum atomic E-state index is 5.63. The molecule has 0 saturated carbocycles. The molecular formula is C16H27NO. The number of methoxy groups -OCH3 is 1. The van der Waals surface area contributed by atoms with E-state index in [4.69, 9.17) is 4.74 Å². The Balaban J connectivity index is 2.99. The summed E-state index contributed by atoms with van der Waals surface area (Å²) < 4.78 is 5.63. The van der Waals surface area contributed by atoms with Crippen molar-refractivity contribution in [3.05, 3.63) is 34.9 Å². The lowest BCUT2D eigenvalue weighted by atomic mass is 9.96. The first-order valence-electron chi connectivity index (χ1n) is 6.96. The highest BCUT2D eigenvalue weighted by molar-refractivity contribution is 5.31. The highest BCUT2D eigenvalue weighted by Crippen LogP contribution is 2.23. The van der Waals surface area contributed by atoms with Gasteiger partial charge in [0.25, 0.3) is 0 Å². The van der Waals surface area contributed by atoms with E-state index >= 15 is 0 Å². The summed E-state index contributed by atoms with van der Waals surface area (Å²) in [6, 6.07) is 7.04. The van der Waals surface area contributed by atoms with Crippen LogP contribution in [0.2, 0.25) is 0 Å². The highest BCUT2D eigenvalue weighted by Gasteiger charge is 2.21. The number of hydrogen-bond donors (Lipinski definition) is 1. The largest absolute Gasteiger partial charge is 0.379 e. The molecule has 0 aliphatic rings. The molecule has 0 spiro atoms. The van der Waals surface area contributed by atoms with E-state index in [0.717, 1.165) is 19.4 Å². The van der Waals surface area contributed by atoms with Crippen LogP contribution >= 0.6 is 0 Å². The molecule has 1 N–H and O–H groups in total. The summed E-state index contributed by atoms with van der Waals surface area (Å²) in [4.78, 5) is 0. The third-order valence-electron chi connectivity index (χ3n) is 3.29. The molecule has 1 aromatic rings. The Morgan fingerprint density at radius 2 is 1.72 bits per heavy atom. The first-order chi connectivity index (χ1) is 8.62. The molecule has 0 radical (unpaired) electrons. The fourth-order valence-corrected chi connectivity index (χ4v) is 2.49. The monoisotopic (exact) mass is 249 g/mol. The van der Waals surface area contributed by atoms with Crippen LogP contribution in [-0.4, -0.2) is 19.8 Å². The van der Waals surface area contributed by atoms with E-state index in [9.17, 15) is 0 Å². The third kappa shape index (κ3) is 4.11. The van der Waals surface area contributed by atoms with Crippen molar-refractivity contribution in [3.63, 3.8) is 0 Å². The van der Waals surface area contributed by atoms with Gasteiger partial charge in [-0.1, -0.05) is 43.2 Å². The quantitative estimate of drug-likeness (QED) is 0.794. The summed E-state index contributed by atoms with van der Waals surface area (Å²) in [6.07, 6.45) is 2.39. The van der Waals surface area contributed by atoms with E-state index in [2.05, 4.69) is 51.2 Å². The van der Waals surface area contributed by atoms with Gasteiger partial charge in [-0.2, -0.15) is 0 Å². The molecule has 0 bridgehead atoms. The van der Waals surface area contributed by atoms with Gasteiger partial charge in [-0.25, -0.2) is 0 Å². The average Bonchev–Trinajstić information content (AvgIpc) is 2.33. The standard InChI is InChI=1S/C16H27NO/c1-6-8-17-16(15(7-2)18-5)14-10-12(3)9-13(4)11-14/h9-11,15-17H,6-8H2,1-5H3. The number of benzene rings is 1. The van der Waals surface area contributed by atoms with Gasteiger partial charge >= 0.3 is 0 Å². The van der Waals surface area contributed by atoms with Crippen molar-refractivity contribution in [2.45, 2.75) is 52.7 Å². The van der Waals surface area contributed by atoms with Gasteiger partial charge < -0.3 is 10.1 Å². The predicted octanol–water partition coefficient (Wildman–Crippen LogP) is 3.77. The van der Waals surface area contributed by atoms with Crippen LogP contribution in [0.25, 0.3) is 0 Å². The van der Waals surface area contributed by atoms with E-state index in [1.54, 1.807) is 7.11 Å². The van der Waals surface area contributed by atoms with Gasteiger partial charge in [-0.3, -0.25) is 0 Å². The zero-order valence-corrected chi connectivity index (χ0v) is 12.4. The summed E-state index contributed by atoms with van der Waals surface area (Å²) >= 11 is 0. The molecule has 0 aliphatic carbocycles. The molecule has 2 atom stereocenters. The summed E-state index contributed by atoms with van der Waals surface area (Å²) in [5.74, 6) is 0. The van der Waals surface area contributed by atoms with Crippen molar-refractivity contribution in [2.75, 3.05) is 13.7 Å². The first kappa shape index (κ1) is 15.2. The van der Waals surface area contributed by atoms with Crippen LogP contribution < -0.4 is 5.32 Å². The number of hydrogen-bond acceptors (Lipinski definition) is 2. The van der Waals surface area contributed by atoms with Crippen molar-refractivity contribution in [2.24, 2.45) is 0 Å². The van der Waals surface area contributed by atoms with Crippen LogP contribution in [0.15, 0.2) is 18.2 Å². The highest BCUT2D eigenvalue weighted by atomic mass is 16.5. The van der Waals surface area contributed by atoms with Gasteiger partial charge in [-0.05, 0) is 38.8 Å². The Hall–Kier alpha value is -0.860. The van der Waals surface area contributed by atoms with Crippen molar-refractivity contribution >= 4 is 0 Å². The lowest BCUT2D eigenvalue weighted by molar-refractivity contribution is 0.0650. The molecular weight excluding hydrogens is 222 g/mol. The van der Waals surface area contributed by atoms with Crippen molar-refractivity contribution in [1.82, 2.24) is 5.32 Å². The number of rotatable bonds is 7. The molecule has 2 heteroatoms. The molecule has 102 valence electrons. The number of nitrogens with one attached hydrogen (secondary N) is 1. The molecule has 0 heterocycles. The summed E-state index contributed by atoms with van der Waals surface area (Å²) in [7, 11) is 1.80. The molecule has 0 amide bonds. The zero-order chi connectivity index (χ0) is 13.5. The molecule has 1 aromatic carbocycles. The van der Waals surface area contributed by atoms with E-state index in [-0.39, 0.29) is 6.10 Å². The van der Waals surface area contributed by atoms with Gasteiger partial charge in [0.15, 0.2) is 0 Å². The van der Waals surface area contributed by atoms with Crippen molar-refractivity contribution < 1.29 is 4.74 Å². The lowest BCUT2D eigenvalue weighted by Crippen LogP contribution is -2.33. The van der Waals surface area contributed by atoms with E-state index in [0.29, 0.717) is 6.04 Å². The summed E-state index contributed by atoms with van der Waals surface area (Å²) in [5, 5.41) is 3.62. The minimum Gasteiger partial charge on any atom is -0.379 e. The first-order valence-corrected chi connectivity index (χ1v) is 6.96. The Kier molecular flexibility index (Phi) is 6.37. The maximum absolute atomic E-state index is 5.63. The van der Waals surface area contributed by atoms with E-state index in [1.165, 1.54) is 16.7 Å². The second-order valence-corrected chi connectivity index (χ2v) is 5.04. The van der Waals surface area contributed by atoms with Crippen LogP contribution in [0.3, 0.4) is 0 Å². The maximum Gasteiger partial charge on any atom is 0.0763 e. The fraction of sp³-hybridized carbons (Fsp3) is 0.625.